The molecule has 0 unspecified atom stereocenters. The molecule has 0 aliphatic rings. The van der Waals surface area contributed by atoms with Crippen molar-refractivity contribution in [3.05, 3.63) is 18.2 Å². The van der Waals surface area contributed by atoms with Gasteiger partial charge in [0.2, 0.25) is 11.8 Å². The van der Waals surface area contributed by atoms with E-state index in [-0.39, 0.29) is 11.8 Å². The van der Waals surface area contributed by atoms with Crippen molar-refractivity contribution in [1.29, 1.82) is 0 Å². The summed E-state index contributed by atoms with van der Waals surface area (Å²) >= 11 is 0. The zero-order chi connectivity index (χ0) is 13.7. The van der Waals surface area contributed by atoms with Crippen molar-refractivity contribution in [2.24, 2.45) is 5.73 Å². The van der Waals surface area contributed by atoms with Gasteiger partial charge in [0.15, 0.2) is 0 Å². The Morgan fingerprint density at radius 2 is 2.00 bits per heavy atom. The Bertz CT molecular complexity index is 458. The van der Waals surface area contributed by atoms with Crippen LogP contribution in [-0.4, -0.2) is 25.0 Å². The number of amides is 2. The molecule has 0 spiro atoms. The second-order valence-electron chi connectivity index (χ2n) is 3.87. The molecule has 6 nitrogen and oxygen atoms in total. The lowest BCUT2D eigenvalue weighted by Crippen LogP contribution is -2.32. The average molecular weight is 251 g/mol. The van der Waals surface area contributed by atoms with E-state index in [0.29, 0.717) is 17.1 Å². The third-order valence-corrected chi connectivity index (χ3v) is 2.19. The molecule has 0 saturated carbocycles. The fourth-order valence-electron chi connectivity index (χ4n) is 1.33. The minimum absolute atomic E-state index is 0.219. The van der Waals surface area contributed by atoms with E-state index < -0.39 is 6.04 Å². The Morgan fingerprint density at radius 3 is 2.50 bits per heavy atom. The molecule has 0 radical (unpaired) electrons. The number of hydrogen-bond donors (Lipinski definition) is 3. The highest BCUT2D eigenvalue weighted by Crippen LogP contribution is 2.27. The SMILES string of the molecule is COc1ccc(NC(=O)[C@@H](C)N)cc1NC(C)=O. The number of rotatable bonds is 4. The number of methoxy groups -OCH3 is 1. The van der Waals surface area contributed by atoms with Gasteiger partial charge >= 0.3 is 0 Å². The predicted molar refractivity (Wildman–Crippen MR) is 69.6 cm³/mol. The van der Waals surface area contributed by atoms with Crippen LogP contribution in [0.15, 0.2) is 18.2 Å². The predicted octanol–water partition coefficient (Wildman–Crippen LogP) is 0.939. The first-order valence-corrected chi connectivity index (χ1v) is 5.46. The molecule has 0 bridgehead atoms. The van der Waals surface area contributed by atoms with Crippen molar-refractivity contribution in [2.45, 2.75) is 19.9 Å². The number of nitrogens with one attached hydrogen (secondary N) is 2. The van der Waals surface area contributed by atoms with Crippen LogP contribution in [-0.2, 0) is 9.59 Å². The largest absolute Gasteiger partial charge is 0.495 e. The molecular formula is C12H17N3O3. The lowest BCUT2D eigenvalue weighted by molar-refractivity contribution is -0.117. The number of benzene rings is 1. The molecule has 0 fully saturated rings. The molecule has 0 aromatic heterocycles. The van der Waals surface area contributed by atoms with Crippen LogP contribution in [0, 0.1) is 0 Å². The Balaban J connectivity index is 2.95. The van der Waals surface area contributed by atoms with E-state index in [9.17, 15) is 9.59 Å². The molecule has 1 atom stereocenters. The van der Waals surface area contributed by atoms with Crippen LogP contribution in [0.4, 0.5) is 11.4 Å². The van der Waals surface area contributed by atoms with E-state index in [1.165, 1.54) is 14.0 Å². The summed E-state index contributed by atoms with van der Waals surface area (Å²) < 4.78 is 5.10. The van der Waals surface area contributed by atoms with Gasteiger partial charge in [-0.2, -0.15) is 0 Å². The van der Waals surface area contributed by atoms with E-state index in [1.807, 2.05) is 0 Å². The van der Waals surface area contributed by atoms with Gasteiger partial charge in [-0.25, -0.2) is 0 Å². The third-order valence-electron chi connectivity index (χ3n) is 2.19. The van der Waals surface area contributed by atoms with Crippen LogP contribution in [0.1, 0.15) is 13.8 Å². The molecule has 0 aliphatic heterocycles. The van der Waals surface area contributed by atoms with Crippen molar-refractivity contribution in [1.82, 2.24) is 0 Å². The minimum Gasteiger partial charge on any atom is -0.495 e. The molecule has 0 saturated heterocycles. The van der Waals surface area contributed by atoms with Gasteiger partial charge in [0.25, 0.3) is 0 Å². The summed E-state index contributed by atoms with van der Waals surface area (Å²) in [5.74, 6) is 0.00177. The van der Waals surface area contributed by atoms with Crippen LogP contribution >= 0.6 is 0 Å². The maximum atomic E-state index is 11.4. The number of ether oxygens (including phenoxy) is 1. The van der Waals surface area contributed by atoms with Crippen LogP contribution in [0.3, 0.4) is 0 Å². The van der Waals surface area contributed by atoms with Gasteiger partial charge in [0.05, 0.1) is 18.8 Å². The van der Waals surface area contributed by atoms with Crippen LogP contribution in [0.2, 0.25) is 0 Å². The Morgan fingerprint density at radius 1 is 1.33 bits per heavy atom. The van der Waals surface area contributed by atoms with Crippen molar-refractivity contribution in [2.75, 3.05) is 17.7 Å². The van der Waals surface area contributed by atoms with Crippen LogP contribution in [0.25, 0.3) is 0 Å². The van der Waals surface area contributed by atoms with E-state index in [0.717, 1.165) is 0 Å². The molecule has 1 rings (SSSR count). The van der Waals surface area contributed by atoms with E-state index in [2.05, 4.69) is 10.6 Å². The highest BCUT2D eigenvalue weighted by molar-refractivity contribution is 5.96. The van der Waals surface area contributed by atoms with Gasteiger partial charge in [0, 0.05) is 12.6 Å². The molecular weight excluding hydrogens is 234 g/mol. The molecule has 4 N–H and O–H groups in total. The molecule has 0 heterocycles. The normalized spacial score (nSPS) is 11.6. The fourth-order valence-corrected chi connectivity index (χ4v) is 1.33. The summed E-state index contributed by atoms with van der Waals surface area (Å²) in [5.41, 5.74) is 6.49. The molecule has 2 amide bonds. The van der Waals surface area contributed by atoms with Gasteiger partial charge in [-0.15, -0.1) is 0 Å². The Labute approximate surface area is 105 Å². The van der Waals surface area contributed by atoms with Crippen molar-refractivity contribution in [3.63, 3.8) is 0 Å². The zero-order valence-corrected chi connectivity index (χ0v) is 10.6. The van der Waals surface area contributed by atoms with Crippen molar-refractivity contribution < 1.29 is 14.3 Å². The standard InChI is InChI=1S/C12H17N3O3/c1-7(13)12(17)15-9-4-5-11(18-3)10(6-9)14-8(2)16/h4-7H,13H2,1-3H3,(H,14,16)(H,15,17)/t7-/m1/s1. The summed E-state index contributed by atoms with van der Waals surface area (Å²) in [6.45, 7) is 2.99. The van der Waals surface area contributed by atoms with Crippen molar-refractivity contribution >= 4 is 23.2 Å². The number of carbonyl (C=O) groups is 2. The molecule has 1 aromatic carbocycles. The lowest BCUT2D eigenvalue weighted by atomic mass is 10.2. The van der Waals surface area contributed by atoms with Gasteiger partial charge in [-0.3, -0.25) is 9.59 Å². The maximum Gasteiger partial charge on any atom is 0.240 e. The van der Waals surface area contributed by atoms with Gasteiger partial charge in [-0.05, 0) is 25.1 Å². The summed E-state index contributed by atoms with van der Waals surface area (Å²) in [4.78, 5) is 22.5. The number of hydrogen-bond acceptors (Lipinski definition) is 4. The summed E-state index contributed by atoms with van der Waals surface area (Å²) in [6, 6.07) is 4.34. The second-order valence-corrected chi connectivity index (χ2v) is 3.87. The molecule has 0 aliphatic carbocycles. The molecule has 18 heavy (non-hydrogen) atoms. The first-order chi connectivity index (χ1) is 8.43. The van der Waals surface area contributed by atoms with E-state index in [1.54, 1.807) is 25.1 Å². The smallest absolute Gasteiger partial charge is 0.240 e. The number of nitrogens with two attached hydrogens (primary N) is 1. The second kappa shape index (κ2) is 6.02. The molecule has 1 aromatic rings. The van der Waals surface area contributed by atoms with E-state index in [4.69, 9.17) is 10.5 Å². The number of carbonyl (C=O) groups excluding carboxylic acids is 2. The Hall–Kier alpha value is -2.08. The Kier molecular flexibility index (Phi) is 4.67. The average Bonchev–Trinajstić information content (AvgIpc) is 2.28. The molecule has 98 valence electrons. The topological polar surface area (TPSA) is 93.4 Å². The van der Waals surface area contributed by atoms with Gasteiger partial charge in [-0.1, -0.05) is 0 Å². The summed E-state index contributed by atoms with van der Waals surface area (Å²) in [7, 11) is 1.50. The van der Waals surface area contributed by atoms with Crippen LogP contribution < -0.4 is 21.1 Å². The summed E-state index contributed by atoms with van der Waals surface area (Å²) in [5, 5.41) is 5.26. The first kappa shape index (κ1) is 14.0. The number of anilines is 2. The highest BCUT2D eigenvalue weighted by atomic mass is 16.5. The third kappa shape index (κ3) is 3.74. The van der Waals surface area contributed by atoms with Gasteiger partial charge < -0.3 is 21.1 Å². The zero-order valence-electron chi connectivity index (χ0n) is 10.6. The van der Waals surface area contributed by atoms with E-state index >= 15 is 0 Å². The first-order valence-electron chi connectivity index (χ1n) is 5.46. The quantitative estimate of drug-likeness (QED) is 0.742. The van der Waals surface area contributed by atoms with Crippen LogP contribution in [0.5, 0.6) is 5.75 Å². The summed E-state index contributed by atoms with van der Waals surface area (Å²) in [6.07, 6.45) is 0. The minimum atomic E-state index is -0.601. The lowest BCUT2D eigenvalue weighted by Gasteiger charge is -2.12. The van der Waals surface area contributed by atoms with Gasteiger partial charge in [0.1, 0.15) is 5.75 Å². The highest BCUT2D eigenvalue weighted by Gasteiger charge is 2.10. The van der Waals surface area contributed by atoms with Crippen molar-refractivity contribution in [3.8, 4) is 5.75 Å². The fraction of sp³-hybridized carbons (Fsp3) is 0.333. The maximum absolute atomic E-state index is 11.4. The molecule has 6 heteroatoms. The monoisotopic (exact) mass is 251 g/mol.